The minimum Gasteiger partial charge on any atom is -0.383 e. The molecule has 0 spiro atoms. The molecule has 2 aromatic rings. The van der Waals surface area contributed by atoms with Gasteiger partial charge in [0.1, 0.15) is 11.3 Å². The Labute approximate surface area is 185 Å². The summed E-state index contributed by atoms with van der Waals surface area (Å²) in [4.78, 5) is 23.8. The number of aryl methyl sites for hydroxylation is 1. The first-order valence-electron chi connectivity index (χ1n) is 9.92. The fourth-order valence-corrected chi connectivity index (χ4v) is 3.91. The second-order valence-electron chi connectivity index (χ2n) is 7.46. The number of hydrogen-bond donors (Lipinski definition) is 1. The van der Waals surface area contributed by atoms with Crippen LogP contribution in [0.4, 0.5) is 0 Å². The number of ether oxygens (including phenoxy) is 1. The zero-order valence-electron chi connectivity index (χ0n) is 17.2. The predicted octanol–water partition coefficient (Wildman–Crippen LogP) is 3.00. The Hall–Kier alpha value is -1.41. The minimum atomic E-state index is 0. The third-order valence-corrected chi connectivity index (χ3v) is 5.46. The second kappa shape index (κ2) is 12.3. The first-order chi connectivity index (χ1) is 13.1. The van der Waals surface area contributed by atoms with Gasteiger partial charge in [-0.15, -0.1) is 24.8 Å². The van der Waals surface area contributed by atoms with Gasteiger partial charge in [-0.25, -0.2) is 9.97 Å². The fourth-order valence-electron chi connectivity index (χ4n) is 3.91. The van der Waals surface area contributed by atoms with Crippen molar-refractivity contribution in [3.63, 3.8) is 0 Å². The summed E-state index contributed by atoms with van der Waals surface area (Å²) in [6.07, 6.45) is 5.95. The van der Waals surface area contributed by atoms with Crippen molar-refractivity contribution in [1.82, 2.24) is 19.4 Å². The van der Waals surface area contributed by atoms with E-state index < -0.39 is 0 Å². The number of imidazole rings is 1. The van der Waals surface area contributed by atoms with Crippen molar-refractivity contribution in [2.24, 2.45) is 11.7 Å². The molecule has 0 saturated carbocycles. The Balaban J connectivity index is 0.00000210. The average molecular weight is 446 g/mol. The van der Waals surface area contributed by atoms with E-state index in [4.69, 9.17) is 15.5 Å². The lowest BCUT2D eigenvalue weighted by Gasteiger charge is -2.31. The smallest absolute Gasteiger partial charge is 0.222 e. The Morgan fingerprint density at radius 3 is 2.72 bits per heavy atom. The highest BCUT2D eigenvalue weighted by Crippen LogP contribution is 2.22. The van der Waals surface area contributed by atoms with E-state index in [1.165, 1.54) is 0 Å². The number of carbonyl (C=O) groups excluding carboxylic acids is 1. The SMILES string of the molecule is COCC(C)n1c(CCCC(=O)N2CCC(CN)CC2)nc2cccnc21.Cl.Cl. The summed E-state index contributed by atoms with van der Waals surface area (Å²) >= 11 is 0. The van der Waals surface area contributed by atoms with Crippen LogP contribution in [0.2, 0.25) is 0 Å². The van der Waals surface area contributed by atoms with Crippen LogP contribution in [0.1, 0.15) is 44.5 Å². The first-order valence-corrected chi connectivity index (χ1v) is 9.92. The molecule has 2 aromatic heterocycles. The lowest BCUT2D eigenvalue weighted by molar-refractivity contribution is -0.132. The van der Waals surface area contributed by atoms with Crippen LogP contribution in [-0.2, 0) is 16.0 Å². The molecular weight excluding hydrogens is 413 g/mol. The van der Waals surface area contributed by atoms with Crippen LogP contribution in [0.3, 0.4) is 0 Å². The molecule has 7 nitrogen and oxygen atoms in total. The van der Waals surface area contributed by atoms with Gasteiger partial charge < -0.3 is 19.9 Å². The van der Waals surface area contributed by atoms with Gasteiger partial charge in [0.15, 0.2) is 5.65 Å². The van der Waals surface area contributed by atoms with Crippen molar-refractivity contribution in [3.05, 3.63) is 24.2 Å². The number of pyridine rings is 1. The third kappa shape index (κ3) is 6.28. The molecule has 1 fully saturated rings. The van der Waals surface area contributed by atoms with Crippen molar-refractivity contribution in [2.45, 2.75) is 45.1 Å². The van der Waals surface area contributed by atoms with Crippen molar-refractivity contribution in [1.29, 1.82) is 0 Å². The van der Waals surface area contributed by atoms with E-state index in [2.05, 4.69) is 16.5 Å². The number of rotatable bonds is 8. The summed E-state index contributed by atoms with van der Waals surface area (Å²) < 4.78 is 7.47. The average Bonchev–Trinajstić information content (AvgIpc) is 3.06. The predicted molar refractivity (Wildman–Crippen MR) is 120 cm³/mol. The molecule has 0 aliphatic carbocycles. The molecule has 3 heterocycles. The summed E-state index contributed by atoms with van der Waals surface area (Å²) in [5.74, 6) is 1.79. The van der Waals surface area contributed by atoms with Crippen LogP contribution in [-0.4, -0.2) is 58.7 Å². The number of likely N-dealkylation sites (tertiary alicyclic amines) is 1. The van der Waals surface area contributed by atoms with Gasteiger partial charge in [0.05, 0.1) is 12.6 Å². The minimum absolute atomic E-state index is 0. The van der Waals surface area contributed by atoms with E-state index in [0.717, 1.165) is 62.3 Å². The fraction of sp³-hybridized carbons (Fsp3) is 0.650. The van der Waals surface area contributed by atoms with Gasteiger partial charge in [-0.3, -0.25) is 4.79 Å². The number of carbonyl (C=O) groups is 1. The van der Waals surface area contributed by atoms with Crippen LogP contribution < -0.4 is 5.73 Å². The number of methoxy groups -OCH3 is 1. The Morgan fingerprint density at radius 1 is 1.34 bits per heavy atom. The van der Waals surface area contributed by atoms with Crippen molar-refractivity contribution in [2.75, 3.05) is 33.4 Å². The molecule has 1 aliphatic heterocycles. The van der Waals surface area contributed by atoms with Gasteiger partial charge in [-0.1, -0.05) is 0 Å². The topological polar surface area (TPSA) is 86.3 Å². The maximum atomic E-state index is 12.5. The molecule has 0 bridgehead atoms. The molecule has 1 aliphatic rings. The van der Waals surface area contributed by atoms with Gasteiger partial charge in [0.2, 0.25) is 5.91 Å². The van der Waals surface area contributed by atoms with Crippen LogP contribution in [0.5, 0.6) is 0 Å². The summed E-state index contributed by atoms with van der Waals surface area (Å²) in [5, 5.41) is 0. The van der Waals surface area contributed by atoms with Gasteiger partial charge in [-0.05, 0) is 50.8 Å². The maximum Gasteiger partial charge on any atom is 0.222 e. The molecule has 1 atom stereocenters. The van der Waals surface area contributed by atoms with Crippen LogP contribution >= 0.6 is 24.8 Å². The summed E-state index contributed by atoms with van der Waals surface area (Å²) in [7, 11) is 1.70. The van der Waals surface area contributed by atoms with Gasteiger partial charge in [0, 0.05) is 39.2 Å². The number of amides is 1. The van der Waals surface area contributed by atoms with Crippen LogP contribution in [0.15, 0.2) is 18.3 Å². The quantitative estimate of drug-likeness (QED) is 0.674. The molecule has 1 saturated heterocycles. The molecule has 2 N–H and O–H groups in total. The zero-order valence-corrected chi connectivity index (χ0v) is 18.9. The number of halogens is 2. The number of hydrogen-bond acceptors (Lipinski definition) is 5. The van der Waals surface area contributed by atoms with Gasteiger partial charge >= 0.3 is 0 Å². The van der Waals surface area contributed by atoms with E-state index in [1.807, 2.05) is 17.0 Å². The van der Waals surface area contributed by atoms with Crippen molar-refractivity contribution >= 4 is 41.9 Å². The normalized spacial score (nSPS) is 15.6. The summed E-state index contributed by atoms with van der Waals surface area (Å²) in [5.41, 5.74) is 7.51. The summed E-state index contributed by atoms with van der Waals surface area (Å²) in [6.45, 7) is 5.12. The summed E-state index contributed by atoms with van der Waals surface area (Å²) in [6, 6.07) is 4.03. The lowest BCUT2D eigenvalue weighted by Crippen LogP contribution is -2.40. The maximum absolute atomic E-state index is 12.5. The zero-order chi connectivity index (χ0) is 19.2. The van der Waals surface area contributed by atoms with E-state index in [-0.39, 0.29) is 36.8 Å². The Kier molecular flexibility index (Phi) is 10.9. The molecule has 9 heteroatoms. The highest BCUT2D eigenvalue weighted by molar-refractivity contribution is 5.85. The number of piperidine rings is 1. The first kappa shape index (κ1) is 25.6. The monoisotopic (exact) mass is 445 g/mol. The lowest BCUT2D eigenvalue weighted by atomic mass is 9.97. The Bertz CT molecular complexity index is 762. The number of aromatic nitrogens is 3. The van der Waals surface area contributed by atoms with Crippen molar-refractivity contribution < 1.29 is 9.53 Å². The van der Waals surface area contributed by atoms with E-state index in [1.54, 1.807) is 13.3 Å². The van der Waals surface area contributed by atoms with Crippen molar-refractivity contribution in [3.8, 4) is 0 Å². The molecular formula is C20H33Cl2N5O2. The Morgan fingerprint density at radius 2 is 2.07 bits per heavy atom. The highest BCUT2D eigenvalue weighted by atomic mass is 35.5. The highest BCUT2D eigenvalue weighted by Gasteiger charge is 2.22. The molecule has 164 valence electrons. The van der Waals surface area contributed by atoms with Crippen LogP contribution in [0, 0.1) is 5.92 Å². The molecule has 1 unspecified atom stereocenters. The molecule has 3 rings (SSSR count). The van der Waals surface area contributed by atoms with E-state index in [9.17, 15) is 4.79 Å². The third-order valence-electron chi connectivity index (χ3n) is 5.46. The number of fused-ring (bicyclic) bond motifs is 1. The van der Waals surface area contributed by atoms with E-state index in [0.29, 0.717) is 18.9 Å². The van der Waals surface area contributed by atoms with Crippen LogP contribution in [0.25, 0.3) is 11.2 Å². The molecule has 0 aromatic carbocycles. The molecule has 1 amide bonds. The van der Waals surface area contributed by atoms with E-state index >= 15 is 0 Å². The standard InChI is InChI=1S/C20H31N5O2.2ClH/c1-15(14-27-2)25-18(23-17-5-4-10-22-20(17)25)6-3-7-19(26)24-11-8-16(13-21)9-12-24;;/h4-5,10,15-16H,3,6-9,11-14,21H2,1-2H3;2*1H. The van der Waals surface area contributed by atoms with Gasteiger partial charge in [0.25, 0.3) is 0 Å². The second-order valence-corrected chi connectivity index (χ2v) is 7.46. The largest absolute Gasteiger partial charge is 0.383 e. The number of nitrogens with zero attached hydrogens (tertiary/aromatic N) is 4. The number of nitrogens with two attached hydrogens (primary N) is 1. The van der Waals surface area contributed by atoms with Gasteiger partial charge in [-0.2, -0.15) is 0 Å². The molecule has 0 radical (unpaired) electrons. The molecule has 29 heavy (non-hydrogen) atoms.